The highest BCUT2D eigenvalue weighted by Crippen LogP contribution is 2.22. The summed E-state index contributed by atoms with van der Waals surface area (Å²) in [6.07, 6.45) is 1.04. The molecular weight excluding hydrogens is 316 g/mol. The molecule has 1 aromatic carbocycles. The Hall–Kier alpha value is -0.580. The minimum absolute atomic E-state index is 0. The largest absolute Gasteiger partial charge is 0.337 e. The third kappa shape index (κ3) is 3.05. The van der Waals surface area contributed by atoms with Gasteiger partial charge in [0.15, 0.2) is 0 Å². The quantitative estimate of drug-likeness (QED) is 0.902. The fourth-order valence-corrected chi connectivity index (χ4v) is 2.56. The van der Waals surface area contributed by atoms with Crippen LogP contribution in [0, 0.1) is 6.92 Å². The van der Waals surface area contributed by atoms with E-state index in [1.54, 1.807) is 0 Å². The monoisotopic (exact) mass is 332 g/mol. The molecule has 5 heteroatoms. The normalized spacial score (nSPS) is 18.6. The van der Waals surface area contributed by atoms with Crippen LogP contribution >= 0.6 is 28.3 Å². The zero-order valence-electron chi connectivity index (χ0n) is 10.6. The number of carbonyl (C=O) groups is 1. The highest BCUT2D eigenvalue weighted by Gasteiger charge is 2.26. The molecule has 1 atom stereocenters. The molecule has 100 valence electrons. The number of hydrogen-bond donors (Lipinski definition) is 1. The van der Waals surface area contributed by atoms with E-state index in [9.17, 15) is 4.79 Å². The standard InChI is InChI=1S/C13H17BrN2O.ClH/c1-9-11(4-3-5-12(9)14)13(17)16-7-6-10(8-16)15-2;/h3-5,10,15H,6-8H2,1-2H3;1H. The molecule has 0 spiro atoms. The fraction of sp³-hybridized carbons (Fsp3) is 0.462. The lowest BCUT2D eigenvalue weighted by Crippen LogP contribution is -2.33. The number of likely N-dealkylation sites (tertiary alicyclic amines) is 1. The summed E-state index contributed by atoms with van der Waals surface area (Å²) in [4.78, 5) is 14.3. The third-order valence-electron chi connectivity index (χ3n) is 3.38. The first-order valence-electron chi connectivity index (χ1n) is 5.85. The van der Waals surface area contributed by atoms with Gasteiger partial charge in [0.2, 0.25) is 0 Å². The first-order chi connectivity index (χ1) is 8.13. The number of hydrogen-bond acceptors (Lipinski definition) is 2. The summed E-state index contributed by atoms with van der Waals surface area (Å²) in [6.45, 7) is 3.63. The minimum Gasteiger partial charge on any atom is -0.337 e. The summed E-state index contributed by atoms with van der Waals surface area (Å²) in [5.41, 5.74) is 1.82. The van der Waals surface area contributed by atoms with Gasteiger partial charge in [-0.05, 0) is 38.1 Å². The topological polar surface area (TPSA) is 32.3 Å². The van der Waals surface area contributed by atoms with Crippen LogP contribution in [0.4, 0.5) is 0 Å². The van der Waals surface area contributed by atoms with Crippen molar-refractivity contribution in [3.63, 3.8) is 0 Å². The molecule has 1 saturated heterocycles. The number of rotatable bonds is 2. The van der Waals surface area contributed by atoms with Crippen LogP contribution in [0.5, 0.6) is 0 Å². The summed E-state index contributed by atoms with van der Waals surface area (Å²) < 4.78 is 0.993. The van der Waals surface area contributed by atoms with Gasteiger partial charge in [-0.15, -0.1) is 12.4 Å². The summed E-state index contributed by atoms with van der Waals surface area (Å²) in [5.74, 6) is 0.140. The molecule has 1 amide bonds. The molecule has 1 unspecified atom stereocenters. The van der Waals surface area contributed by atoms with Crippen molar-refractivity contribution in [3.05, 3.63) is 33.8 Å². The molecule has 1 heterocycles. The second kappa shape index (κ2) is 6.55. The van der Waals surface area contributed by atoms with Crippen molar-refractivity contribution in [1.82, 2.24) is 10.2 Å². The van der Waals surface area contributed by atoms with Crippen LogP contribution < -0.4 is 5.32 Å². The number of carbonyl (C=O) groups excluding carboxylic acids is 1. The number of benzene rings is 1. The molecule has 0 aliphatic carbocycles. The van der Waals surface area contributed by atoms with Crippen LogP contribution in [0.25, 0.3) is 0 Å². The highest BCUT2D eigenvalue weighted by molar-refractivity contribution is 9.10. The van der Waals surface area contributed by atoms with Crippen LogP contribution in [0.15, 0.2) is 22.7 Å². The zero-order chi connectivity index (χ0) is 12.4. The molecule has 1 fully saturated rings. The SMILES string of the molecule is CNC1CCN(C(=O)c2cccc(Br)c2C)C1.Cl. The van der Waals surface area contributed by atoms with Crippen molar-refractivity contribution in [1.29, 1.82) is 0 Å². The minimum atomic E-state index is 0. The molecule has 1 aromatic rings. The average molecular weight is 334 g/mol. The van der Waals surface area contributed by atoms with E-state index < -0.39 is 0 Å². The molecule has 2 rings (SSSR count). The van der Waals surface area contributed by atoms with Gasteiger partial charge in [0.05, 0.1) is 0 Å². The van der Waals surface area contributed by atoms with Crippen molar-refractivity contribution in [2.75, 3.05) is 20.1 Å². The summed E-state index contributed by atoms with van der Waals surface area (Å²) in [6, 6.07) is 6.21. The molecule has 0 bridgehead atoms. The zero-order valence-corrected chi connectivity index (χ0v) is 13.0. The summed E-state index contributed by atoms with van der Waals surface area (Å²) >= 11 is 3.47. The predicted molar refractivity (Wildman–Crippen MR) is 79.5 cm³/mol. The van der Waals surface area contributed by atoms with Crippen molar-refractivity contribution in [2.24, 2.45) is 0 Å². The van der Waals surface area contributed by atoms with Gasteiger partial charge in [-0.25, -0.2) is 0 Å². The molecule has 3 nitrogen and oxygen atoms in total. The molecule has 1 aliphatic heterocycles. The van der Waals surface area contributed by atoms with Gasteiger partial charge in [0, 0.05) is 29.2 Å². The maximum atomic E-state index is 12.4. The van der Waals surface area contributed by atoms with Gasteiger partial charge in [-0.3, -0.25) is 4.79 Å². The van der Waals surface area contributed by atoms with Crippen LogP contribution in [0.1, 0.15) is 22.3 Å². The molecule has 1 N–H and O–H groups in total. The van der Waals surface area contributed by atoms with E-state index >= 15 is 0 Å². The Morgan fingerprint density at radius 2 is 2.22 bits per heavy atom. The highest BCUT2D eigenvalue weighted by atomic mass is 79.9. The van der Waals surface area contributed by atoms with Crippen LogP contribution in [-0.2, 0) is 0 Å². The lowest BCUT2D eigenvalue weighted by molar-refractivity contribution is 0.0789. The average Bonchev–Trinajstić information content (AvgIpc) is 2.80. The Kier molecular flexibility index (Phi) is 5.63. The maximum Gasteiger partial charge on any atom is 0.254 e. The second-order valence-electron chi connectivity index (χ2n) is 4.44. The number of nitrogens with one attached hydrogen (secondary N) is 1. The molecule has 0 radical (unpaired) electrons. The first-order valence-corrected chi connectivity index (χ1v) is 6.64. The van der Waals surface area contributed by atoms with E-state index in [0.29, 0.717) is 6.04 Å². The van der Waals surface area contributed by atoms with Crippen LogP contribution in [-0.4, -0.2) is 37.0 Å². The summed E-state index contributed by atoms with van der Waals surface area (Å²) in [7, 11) is 1.95. The maximum absolute atomic E-state index is 12.4. The van der Waals surface area contributed by atoms with Gasteiger partial charge in [0.25, 0.3) is 5.91 Å². The lowest BCUT2D eigenvalue weighted by atomic mass is 10.1. The molecule has 0 saturated carbocycles. The number of nitrogens with zero attached hydrogens (tertiary/aromatic N) is 1. The van der Waals surface area contributed by atoms with Crippen molar-refractivity contribution in [3.8, 4) is 0 Å². The van der Waals surface area contributed by atoms with E-state index in [4.69, 9.17) is 0 Å². The van der Waals surface area contributed by atoms with Crippen molar-refractivity contribution < 1.29 is 4.79 Å². The first kappa shape index (κ1) is 15.5. The van der Waals surface area contributed by atoms with Crippen molar-refractivity contribution in [2.45, 2.75) is 19.4 Å². The van der Waals surface area contributed by atoms with Crippen LogP contribution in [0.2, 0.25) is 0 Å². The number of likely N-dealkylation sites (N-methyl/N-ethyl adjacent to an activating group) is 1. The van der Waals surface area contributed by atoms with Gasteiger partial charge in [-0.2, -0.15) is 0 Å². The summed E-state index contributed by atoms with van der Waals surface area (Å²) in [5, 5.41) is 3.22. The van der Waals surface area contributed by atoms with E-state index in [1.165, 1.54) is 0 Å². The van der Waals surface area contributed by atoms with Crippen LogP contribution in [0.3, 0.4) is 0 Å². The second-order valence-corrected chi connectivity index (χ2v) is 5.29. The Labute approximate surface area is 122 Å². The van der Waals surface area contributed by atoms with Gasteiger partial charge in [-0.1, -0.05) is 22.0 Å². The fourth-order valence-electron chi connectivity index (χ4n) is 2.19. The van der Waals surface area contributed by atoms with Gasteiger partial charge >= 0.3 is 0 Å². The molecular formula is C13H18BrClN2O. The van der Waals surface area contributed by atoms with E-state index in [2.05, 4.69) is 21.2 Å². The Balaban J connectivity index is 0.00000162. The Bertz CT molecular complexity index is 439. The van der Waals surface area contributed by atoms with Gasteiger partial charge in [0.1, 0.15) is 0 Å². The van der Waals surface area contributed by atoms with Gasteiger partial charge < -0.3 is 10.2 Å². The van der Waals surface area contributed by atoms with E-state index in [0.717, 1.165) is 35.1 Å². The molecule has 0 aromatic heterocycles. The smallest absolute Gasteiger partial charge is 0.254 e. The van der Waals surface area contributed by atoms with E-state index in [-0.39, 0.29) is 18.3 Å². The molecule has 18 heavy (non-hydrogen) atoms. The third-order valence-corrected chi connectivity index (χ3v) is 4.24. The number of halogens is 2. The predicted octanol–water partition coefficient (Wildman–Crippen LogP) is 2.61. The number of amides is 1. The Morgan fingerprint density at radius 1 is 1.50 bits per heavy atom. The lowest BCUT2D eigenvalue weighted by Gasteiger charge is -2.18. The Morgan fingerprint density at radius 3 is 2.83 bits per heavy atom. The van der Waals surface area contributed by atoms with Crippen molar-refractivity contribution >= 4 is 34.2 Å². The molecule has 1 aliphatic rings. The van der Waals surface area contributed by atoms with E-state index in [1.807, 2.05) is 37.1 Å².